The van der Waals surface area contributed by atoms with Gasteiger partial charge in [-0.1, -0.05) is 0 Å². The first-order valence-corrected chi connectivity index (χ1v) is 20.7. The van der Waals surface area contributed by atoms with Crippen LogP contribution in [0.4, 0.5) is 11.4 Å². The van der Waals surface area contributed by atoms with Gasteiger partial charge in [0, 0.05) is 85.9 Å². The van der Waals surface area contributed by atoms with Crippen LogP contribution in [0.2, 0.25) is 0 Å². The van der Waals surface area contributed by atoms with Gasteiger partial charge in [-0.2, -0.15) is 0 Å². The van der Waals surface area contributed by atoms with Gasteiger partial charge in [0.25, 0.3) is 0 Å². The van der Waals surface area contributed by atoms with Gasteiger partial charge in [-0.15, -0.1) is 0 Å². The summed E-state index contributed by atoms with van der Waals surface area (Å²) in [6.45, 7) is 4.30. The average Bonchev–Trinajstić information content (AvgIpc) is 3.23. The van der Waals surface area contributed by atoms with E-state index in [-0.39, 0.29) is 11.3 Å². The Morgan fingerprint density at radius 2 is 1.33 bits per heavy atom. The second-order valence-corrected chi connectivity index (χ2v) is 16.9. The van der Waals surface area contributed by atoms with Crippen molar-refractivity contribution in [1.29, 1.82) is 0 Å². The van der Waals surface area contributed by atoms with Gasteiger partial charge in [-0.3, -0.25) is 0 Å². The zero-order valence-electron chi connectivity index (χ0n) is 33.5. The summed E-state index contributed by atoms with van der Waals surface area (Å²) in [6.07, 6.45) is 10.8. The third kappa shape index (κ3) is 5.51. The maximum Gasteiger partial charge on any atom is 0.347 e. The van der Waals surface area contributed by atoms with E-state index in [4.69, 9.17) is 18.0 Å². The lowest BCUT2D eigenvalue weighted by Gasteiger charge is -2.28. The molecule has 0 atom stereocenters. The van der Waals surface area contributed by atoms with Crippen molar-refractivity contribution in [1.82, 2.24) is 9.15 Å². The SMILES string of the molecule is CN1CCCc2cc3c(cc21)oc(=O)c1cc2ccc(=[N+](C)C)cc-2oc13.CN1CCCc2cc3c4c(c(=O)oc3cc21)C=c1cc2c3c(c1O4)CCC[N+]=3CCC2. The molecular weight excluding hydrogens is 729 g/mol. The number of anilines is 2. The van der Waals surface area contributed by atoms with Crippen LogP contribution in [0.1, 0.15) is 53.5 Å². The zero-order chi connectivity index (χ0) is 39.4. The fourth-order valence-corrected chi connectivity index (χ4v) is 9.99. The Hall–Kier alpha value is -6.16. The van der Waals surface area contributed by atoms with Gasteiger partial charge in [0.2, 0.25) is 10.7 Å². The molecule has 0 radical (unpaired) electrons. The second kappa shape index (κ2) is 13.2. The molecule has 2 aromatic heterocycles. The minimum atomic E-state index is -0.363. The Balaban J connectivity index is 0.000000134. The third-order valence-corrected chi connectivity index (χ3v) is 12.9. The van der Waals surface area contributed by atoms with Gasteiger partial charge in [-0.05, 0) is 86.1 Å². The molecule has 0 N–H and O–H groups in total. The van der Waals surface area contributed by atoms with Crippen molar-refractivity contribution >= 4 is 50.4 Å². The molecule has 0 saturated carbocycles. The van der Waals surface area contributed by atoms with Crippen LogP contribution in [-0.4, -0.2) is 54.4 Å². The van der Waals surface area contributed by atoms with Crippen LogP contribution in [0.25, 0.3) is 50.3 Å². The lowest BCUT2D eigenvalue weighted by Crippen LogP contribution is -2.45. The first-order valence-electron chi connectivity index (χ1n) is 20.7. The van der Waals surface area contributed by atoms with Crippen LogP contribution in [0, 0.1) is 0 Å². The molecule has 12 rings (SSSR count). The van der Waals surface area contributed by atoms with E-state index in [1.807, 2.05) is 61.1 Å². The van der Waals surface area contributed by atoms with Crippen LogP contribution in [-0.2, 0) is 25.7 Å². The summed E-state index contributed by atoms with van der Waals surface area (Å²) < 4.78 is 28.9. The highest BCUT2D eigenvalue weighted by atomic mass is 16.5. The monoisotopic (exact) mass is 774 g/mol. The number of hydrogen-bond donors (Lipinski definition) is 0. The molecule has 7 aliphatic rings. The summed E-state index contributed by atoms with van der Waals surface area (Å²) in [4.78, 5) is 30.0. The van der Waals surface area contributed by atoms with Gasteiger partial charge in [0.15, 0.2) is 11.3 Å². The van der Waals surface area contributed by atoms with Crippen LogP contribution in [0.5, 0.6) is 11.5 Å². The number of hydrogen-bond acceptors (Lipinski definition) is 8. The van der Waals surface area contributed by atoms with Gasteiger partial charge in [0.05, 0.1) is 22.4 Å². The highest BCUT2D eigenvalue weighted by Gasteiger charge is 2.31. The Kier molecular flexibility index (Phi) is 7.97. The number of ether oxygens (including phenoxy) is 1. The van der Waals surface area contributed by atoms with Crippen LogP contribution in [0.3, 0.4) is 0 Å². The molecule has 10 nitrogen and oxygen atoms in total. The number of benzene rings is 4. The van der Waals surface area contributed by atoms with E-state index < -0.39 is 0 Å². The molecule has 292 valence electrons. The quantitative estimate of drug-likeness (QED) is 0.0858. The van der Waals surface area contributed by atoms with Crippen molar-refractivity contribution in [2.75, 3.05) is 64.2 Å². The van der Waals surface area contributed by atoms with Gasteiger partial charge >= 0.3 is 11.3 Å². The van der Waals surface area contributed by atoms with E-state index in [9.17, 15) is 9.59 Å². The second-order valence-electron chi connectivity index (χ2n) is 16.9. The first kappa shape index (κ1) is 35.0. The molecule has 0 amide bonds. The van der Waals surface area contributed by atoms with E-state index in [1.54, 1.807) is 0 Å². The molecule has 3 aromatic carbocycles. The Labute approximate surface area is 334 Å². The summed E-state index contributed by atoms with van der Waals surface area (Å²) in [6, 6.07) is 18.4. The summed E-state index contributed by atoms with van der Waals surface area (Å²) in [5, 5.41) is 5.71. The predicted octanol–water partition coefficient (Wildman–Crippen LogP) is 5.55. The molecule has 0 spiro atoms. The number of nitrogens with zero attached hydrogens (tertiary/aromatic N) is 4. The topological polar surface area (TPSA) is 95.3 Å². The maximum atomic E-state index is 12.9. The molecule has 0 unspecified atom stereocenters. The average molecular weight is 775 g/mol. The van der Waals surface area contributed by atoms with Crippen molar-refractivity contribution in [3.05, 3.63) is 119 Å². The van der Waals surface area contributed by atoms with E-state index in [0.717, 1.165) is 121 Å². The van der Waals surface area contributed by atoms with Gasteiger partial charge < -0.3 is 27.8 Å². The molecule has 0 fully saturated rings. The van der Waals surface area contributed by atoms with Gasteiger partial charge in [0.1, 0.15) is 60.8 Å². The molecular formula is C48H46N4O6+2. The summed E-state index contributed by atoms with van der Waals surface area (Å²) in [7, 11) is 8.16. The zero-order valence-corrected chi connectivity index (χ0v) is 33.5. The Morgan fingerprint density at radius 1 is 0.655 bits per heavy atom. The fourth-order valence-electron chi connectivity index (χ4n) is 9.99. The first-order chi connectivity index (χ1) is 28.2. The molecule has 0 saturated heterocycles. The molecule has 6 aliphatic heterocycles. The van der Waals surface area contributed by atoms with Crippen molar-refractivity contribution in [2.24, 2.45) is 0 Å². The van der Waals surface area contributed by atoms with Gasteiger partial charge in [-0.25, -0.2) is 18.7 Å². The summed E-state index contributed by atoms with van der Waals surface area (Å²) in [5.41, 5.74) is 10.1. The largest absolute Gasteiger partial charge is 0.455 e. The third-order valence-electron chi connectivity index (χ3n) is 12.9. The number of rotatable bonds is 0. The lowest BCUT2D eigenvalue weighted by molar-refractivity contribution is 0.435. The summed E-state index contributed by atoms with van der Waals surface area (Å²) >= 11 is 0. The van der Waals surface area contributed by atoms with E-state index in [0.29, 0.717) is 33.4 Å². The van der Waals surface area contributed by atoms with Crippen LogP contribution >= 0.6 is 0 Å². The minimum Gasteiger partial charge on any atom is -0.455 e. The van der Waals surface area contributed by atoms with Crippen molar-refractivity contribution < 1.29 is 18.0 Å². The van der Waals surface area contributed by atoms with Crippen LogP contribution in [0.15, 0.2) is 77.4 Å². The maximum absolute atomic E-state index is 12.9. The molecule has 58 heavy (non-hydrogen) atoms. The normalized spacial score (nSPS) is 16.4. The minimum absolute atomic E-state index is 0.320. The lowest BCUT2D eigenvalue weighted by atomic mass is 9.92. The fraction of sp³-hybridized carbons (Fsp3) is 0.333. The molecule has 0 bridgehead atoms. The highest BCUT2D eigenvalue weighted by Crippen LogP contribution is 2.40. The van der Waals surface area contributed by atoms with E-state index >= 15 is 0 Å². The Bertz CT molecular complexity index is 3220. The molecule has 1 aliphatic carbocycles. The van der Waals surface area contributed by atoms with E-state index in [2.05, 4.69) is 46.7 Å². The molecule has 5 aromatic rings. The predicted molar refractivity (Wildman–Crippen MR) is 229 cm³/mol. The molecule has 10 heteroatoms. The van der Waals surface area contributed by atoms with Crippen molar-refractivity contribution in [2.45, 2.75) is 51.4 Å². The van der Waals surface area contributed by atoms with Crippen molar-refractivity contribution in [3.8, 4) is 22.8 Å². The smallest absolute Gasteiger partial charge is 0.347 e. The Morgan fingerprint density at radius 3 is 2.07 bits per heavy atom. The van der Waals surface area contributed by atoms with Crippen molar-refractivity contribution in [3.63, 3.8) is 0 Å². The molecule has 8 heterocycles. The number of fused-ring (bicyclic) bond motifs is 11. The van der Waals surface area contributed by atoms with Crippen LogP contribution < -0.4 is 50.9 Å². The summed E-state index contributed by atoms with van der Waals surface area (Å²) in [5.74, 6) is 2.37. The number of aryl methyl sites for hydroxylation is 3. The standard InChI is InChI=1S/C26H25N2O3.C22H21N2O3/c1-27-8-2-5-15-12-19-22(14-21(15)27)30-26(29)20-13-17-11-16-6-3-9-28-10-4-7-18(23(16)28)24(17)31-25(19)20;1-23(2)15-7-6-14-10-17-21(26-19(14)11-15)16-9-13-5-4-8-24(3)18(13)12-20(16)27-22(17)25/h11-14H,2-10H2,1H3;6-7,9-12H,4-5,8H2,1-3H3/q2*+1. The van der Waals surface area contributed by atoms with E-state index in [1.165, 1.54) is 34.0 Å². The highest BCUT2D eigenvalue weighted by molar-refractivity contribution is 6.03.